The van der Waals surface area contributed by atoms with Crippen molar-refractivity contribution in [3.8, 4) is 0 Å². The van der Waals surface area contributed by atoms with Crippen LogP contribution in [-0.4, -0.2) is 11.7 Å². The fourth-order valence-corrected chi connectivity index (χ4v) is 3.07. The molecule has 0 radical (unpaired) electrons. The Morgan fingerprint density at radius 3 is 2.72 bits per heavy atom. The Balaban J connectivity index is 1.63. The lowest BCUT2D eigenvalue weighted by Crippen LogP contribution is -2.07. The van der Waals surface area contributed by atoms with E-state index in [9.17, 15) is 4.79 Å². The highest BCUT2D eigenvalue weighted by Gasteiger charge is 2.04. The molecule has 4 heteroatoms. The van der Waals surface area contributed by atoms with Crippen LogP contribution in [0.1, 0.15) is 10.4 Å². The molecule has 18 heavy (non-hydrogen) atoms. The second-order valence-corrected chi connectivity index (χ2v) is 5.74. The third kappa shape index (κ3) is 4.55. The molecule has 0 atom stereocenters. The maximum absolute atomic E-state index is 11.5. The standard InChI is InChI=1S/C14H14O2S2/c15-14(11-17-10-13-7-4-8-18-13)16-9-12-5-2-1-3-6-12/h1-8H,9-11H2. The normalized spacial score (nSPS) is 10.2. The topological polar surface area (TPSA) is 26.3 Å². The Morgan fingerprint density at radius 2 is 2.00 bits per heavy atom. The molecule has 0 amide bonds. The molecule has 0 aliphatic heterocycles. The van der Waals surface area contributed by atoms with Crippen molar-refractivity contribution in [3.05, 3.63) is 58.3 Å². The Bertz CT molecular complexity index is 466. The first-order valence-electron chi connectivity index (χ1n) is 5.64. The maximum atomic E-state index is 11.5. The van der Waals surface area contributed by atoms with Crippen LogP contribution < -0.4 is 0 Å². The van der Waals surface area contributed by atoms with Crippen LogP contribution in [0.15, 0.2) is 47.8 Å². The van der Waals surface area contributed by atoms with Crippen LogP contribution in [0.3, 0.4) is 0 Å². The zero-order chi connectivity index (χ0) is 12.6. The van der Waals surface area contributed by atoms with Gasteiger partial charge in [-0.3, -0.25) is 4.79 Å². The van der Waals surface area contributed by atoms with Crippen LogP contribution >= 0.6 is 23.1 Å². The highest BCUT2D eigenvalue weighted by molar-refractivity contribution is 7.99. The third-order valence-corrected chi connectivity index (χ3v) is 4.30. The number of ether oxygens (including phenoxy) is 1. The number of carbonyl (C=O) groups is 1. The van der Waals surface area contributed by atoms with Gasteiger partial charge in [0.05, 0.1) is 5.75 Å². The van der Waals surface area contributed by atoms with E-state index in [1.807, 2.05) is 41.8 Å². The monoisotopic (exact) mass is 278 g/mol. The molecule has 2 rings (SSSR count). The summed E-state index contributed by atoms with van der Waals surface area (Å²) >= 11 is 3.30. The van der Waals surface area contributed by atoms with Gasteiger partial charge in [0.1, 0.15) is 6.61 Å². The fraction of sp³-hybridized carbons (Fsp3) is 0.214. The van der Waals surface area contributed by atoms with Gasteiger partial charge >= 0.3 is 5.97 Å². The van der Waals surface area contributed by atoms with Crippen molar-refractivity contribution in [2.24, 2.45) is 0 Å². The SMILES string of the molecule is O=C(CSCc1cccs1)OCc1ccccc1. The molecule has 0 spiro atoms. The van der Waals surface area contributed by atoms with E-state index in [0.717, 1.165) is 11.3 Å². The van der Waals surface area contributed by atoms with Crippen LogP contribution in [0.5, 0.6) is 0 Å². The predicted octanol–water partition coefficient (Wildman–Crippen LogP) is 3.72. The molecule has 1 aromatic heterocycles. The largest absolute Gasteiger partial charge is 0.460 e. The molecule has 1 aromatic carbocycles. The molecular formula is C14H14O2S2. The molecule has 0 bridgehead atoms. The molecule has 0 saturated heterocycles. The first-order valence-corrected chi connectivity index (χ1v) is 7.68. The van der Waals surface area contributed by atoms with E-state index >= 15 is 0 Å². The third-order valence-electron chi connectivity index (χ3n) is 2.29. The van der Waals surface area contributed by atoms with Gasteiger partial charge in [0.2, 0.25) is 0 Å². The van der Waals surface area contributed by atoms with Gasteiger partial charge in [-0.25, -0.2) is 0 Å². The molecule has 1 heterocycles. The summed E-state index contributed by atoms with van der Waals surface area (Å²) in [6.07, 6.45) is 0. The van der Waals surface area contributed by atoms with Gasteiger partial charge < -0.3 is 4.74 Å². The number of hydrogen-bond acceptors (Lipinski definition) is 4. The summed E-state index contributed by atoms with van der Waals surface area (Å²) < 4.78 is 5.19. The van der Waals surface area contributed by atoms with Crippen LogP contribution in [0.4, 0.5) is 0 Å². The summed E-state index contributed by atoms with van der Waals surface area (Å²) in [5.41, 5.74) is 1.02. The predicted molar refractivity (Wildman–Crippen MR) is 76.7 cm³/mol. The first kappa shape index (κ1) is 13.2. The lowest BCUT2D eigenvalue weighted by Gasteiger charge is -2.04. The Hall–Kier alpha value is -1.26. The average Bonchev–Trinajstić information content (AvgIpc) is 2.91. The summed E-state index contributed by atoms with van der Waals surface area (Å²) in [7, 11) is 0. The summed E-state index contributed by atoms with van der Waals surface area (Å²) in [6, 6.07) is 13.8. The fourth-order valence-electron chi connectivity index (χ4n) is 1.41. The molecule has 0 aliphatic carbocycles. The van der Waals surface area contributed by atoms with Crippen LogP contribution in [-0.2, 0) is 21.9 Å². The minimum atomic E-state index is -0.152. The van der Waals surface area contributed by atoms with Crippen LogP contribution in [0, 0.1) is 0 Å². The zero-order valence-corrected chi connectivity index (χ0v) is 11.5. The van der Waals surface area contributed by atoms with Crippen molar-refractivity contribution in [2.75, 3.05) is 5.75 Å². The lowest BCUT2D eigenvalue weighted by atomic mass is 10.2. The highest BCUT2D eigenvalue weighted by atomic mass is 32.2. The second kappa shape index (κ2) is 7.24. The molecule has 0 unspecified atom stereocenters. The van der Waals surface area contributed by atoms with Crippen molar-refractivity contribution >= 4 is 29.1 Å². The molecule has 0 aliphatic rings. The van der Waals surface area contributed by atoms with E-state index in [0.29, 0.717) is 12.4 Å². The second-order valence-electron chi connectivity index (χ2n) is 3.72. The summed E-state index contributed by atoms with van der Waals surface area (Å²) in [4.78, 5) is 12.8. The van der Waals surface area contributed by atoms with Gasteiger partial charge in [-0.05, 0) is 17.0 Å². The Morgan fingerprint density at radius 1 is 1.17 bits per heavy atom. The lowest BCUT2D eigenvalue weighted by molar-refractivity contribution is -0.141. The summed E-state index contributed by atoms with van der Waals surface area (Å²) in [6.45, 7) is 0.360. The van der Waals surface area contributed by atoms with Gasteiger partial charge in [0.25, 0.3) is 0 Å². The Kier molecular flexibility index (Phi) is 5.30. The van der Waals surface area contributed by atoms with Crippen molar-refractivity contribution in [3.63, 3.8) is 0 Å². The van der Waals surface area contributed by atoms with E-state index < -0.39 is 0 Å². The van der Waals surface area contributed by atoms with Crippen molar-refractivity contribution in [2.45, 2.75) is 12.4 Å². The van der Waals surface area contributed by atoms with E-state index in [1.54, 1.807) is 23.1 Å². The maximum Gasteiger partial charge on any atom is 0.316 e. The smallest absolute Gasteiger partial charge is 0.316 e. The number of esters is 1. The van der Waals surface area contributed by atoms with Gasteiger partial charge in [-0.1, -0.05) is 36.4 Å². The summed E-state index contributed by atoms with van der Waals surface area (Å²) in [5, 5.41) is 2.05. The molecule has 2 aromatic rings. The molecule has 94 valence electrons. The van der Waals surface area contributed by atoms with Crippen molar-refractivity contribution in [1.82, 2.24) is 0 Å². The van der Waals surface area contributed by atoms with Crippen molar-refractivity contribution < 1.29 is 9.53 Å². The number of thioether (sulfide) groups is 1. The molecule has 0 fully saturated rings. The number of rotatable bonds is 6. The van der Waals surface area contributed by atoms with Gasteiger partial charge in [0.15, 0.2) is 0 Å². The van der Waals surface area contributed by atoms with E-state index in [-0.39, 0.29) is 5.97 Å². The van der Waals surface area contributed by atoms with Gasteiger partial charge in [-0.2, -0.15) is 0 Å². The molecule has 2 nitrogen and oxygen atoms in total. The summed E-state index contributed by atoms with van der Waals surface area (Å²) in [5.74, 6) is 1.13. The molecule has 0 N–H and O–H groups in total. The number of hydrogen-bond donors (Lipinski definition) is 0. The number of carbonyl (C=O) groups excluding carboxylic acids is 1. The van der Waals surface area contributed by atoms with Gasteiger partial charge in [-0.15, -0.1) is 23.1 Å². The van der Waals surface area contributed by atoms with Crippen LogP contribution in [0.2, 0.25) is 0 Å². The molecular weight excluding hydrogens is 264 g/mol. The quantitative estimate of drug-likeness (QED) is 0.753. The van der Waals surface area contributed by atoms with Crippen LogP contribution in [0.25, 0.3) is 0 Å². The van der Waals surface area contributed by atoms with E-state index in [2.05, 4.69) is 6.07 Å². The zero-order valence-electron chi connectivity index (χ0n) is 9.87. The van der Waals surface area contributed by atoms with E-state index in [1.165, 1.54) is 4.88 Å². The number of benzene rings is 1. The van der Waals surface area contributed by atoms with Crippen molar-refractivity contribution in [1.29, 1.82) is 0 Å². The van der Waals surface area contributed by atoms with Gasteiger partial charge in [0, 0.05) is 10.6 Å². The van der Waals surface area contributed by atoms with E-state index in [4.69, 9.17) is 4.74 Å². The minimum absolute atomic E-state index is 0.152. The number of thiophene rings is 1. The first-order chi connectivity index (χ1) is 8.84. The molecule has 0 saturated carbocycles. The average molecular weight is 278 g/mol. The minimum Gasteiger partial charge on any atom is -0.460 e. The highest BCUT2D eigenvalue weighted by Crippen LogP contribution is 2.17. The Labute approximate surface area is 115 Å².